The number of H-pyrrole nitrogens is 1. The van der Waals surface area contributed by atoms with E-state index < -0.39 is 0 Å². The van der Waals surface area contributed by atoms with E-state index in [1.807, 2.05) is 36.5 Å². The van der Waals surface area contributed by atoms with Crippen molar-refractivity contribution < 1.29 is 4.74 Å². The van der Waals surface area contributed by atoms with Gasteiger partial charge >= 0.3 is 0 Å². The molecule has 1 atom stereocenters. The summed E-state index contributed by atoms with van der Waals surface area (Å²) >= 11 is 0. The van der Waals surface area contributed by atoms with Gasteiger partial charge in [-0.25, -0.2) is 4.99 Å². The van der Waals surface area contributed by atoms with Crippen molar-refractivity contribution in [3.63, 3.8) is 0 Å². The van der Waals surface area contributed by atoms with Crippen LogP contribution in [-0.2, 0) is 0 Å². The zero-order valence-corrected chi connectivity index (χ0v) is 10.2. The minimum absolute atomic E-state index is 0.0725. The van der Waals surface area contributed by atoms with Gasteiger partial charge in [0.2, 0.25) is 0 Å². The van der Waals surface area contributed by atoms with Gasteiger partial charge in [-0.1, -0.05) is 12.1 Å². The average Bonchev–Trinajstić information content (AvgIpc) is 2.86. The van der Waals surface area contributed by atoms with Crippen LogP contribution in [0, 0.1) is 0 Å². The van der Waals surface area contributed by atoms with Crippen molar-refractivity contribution in [3.05, 3.63) is 47.2 Å². The van der Waals surface area contributed by atoms with Gasteiger partial charge in [-0.2, -0.15) is 0 Å². The second kappa shape index (κ2) is 4.56. The van der Waals surface area contributed by atoms with Crippen LogP contribution in [0.15, 0.2) is 41.5 Å². The van der Waals surface area contributed by atoms with E-state index in [0.29, 0.717) is 0 Å². The van der Waals surface area contributed by atoms with E-state index in [1.54, 1.807) is 7.11 Å². The molecule has 0 fully saturated rings. The van der Waals surface area contributed by atoms with Gasteiger partial charge in [0.25, 0.3) is 0 Å². The molecule has 4 nitrogen and oxygen atoms in total. The molecule has 0 radical (unpaired) electrons. The molecule has 0 saturated carbocycles. The Morgan fingerprint density at radius 2 is 2.33 bits per heavy atom. The van der Waals surface area contributed by atoms with E-state index in [9.17, 15) is 0 Å². The number of aromatic nitrogens is 1. The molecule has 1 aliphatic heterocycles. The summed E-state index contributed by atoms with van der Waals surface area (Å²) in [5, 5.41) is 4.57. The van der Waals surface area contributed by atoms with Crippen molar-refractivity contribution in [1.82, 2.24) is 4.98 Å². The van der Waals surface area contributed by atoms with Gasteiger partial charge in [0.1, 0.15) is 17.4 Å². The van der Waals surface area contributed by atoms with Gasteiger partial charge < -0.3 is 15.0 Å². The maximum absolute atomic E-state index is 5.20. The van der Waals surface area contributed by atoms with E-state index >= 15 is 0 Å². The van der Waals surface area contributed by atoms with Gasteiger partial charge in [-0.15, -0.1) is 0 Å². The largest absolute Gasteiger partial charge is 0.497 e. The summed E-state index contributed by atoms with van der Waals surface area (Å²) < 4.78 is 5.20. The minimum Gasteiger partial charge on any atom is -0.497 e. The van der Waals surface area contributed by atoms with Gasteiger partial charge in [0.05, 0.1) is 7.11 Å². The Bertz CT molecular complexity index is 660. The number of fused-ring (bicyclic) bond motifs is 1. The fourth-order valence-electron chi connectivity index (χ4n) is 2.09. The maximum Gasteiger partial charge on any atom is 0.134 e. The van der Waals surface area contributed by atoms with E-state index in [-0.39, 0.29) is 6.17 Å². The molecule has 0 amide bonds. The number of nitrogens with one attached hydrogen (secondary N) is 2. The van der Waals surface area contributed by atoms with E-state index in [0.717, 1.165) is 23.3 Å². The summed E-state index contributed by atoms with van der Waals surface area (Å²) in [7, 11) is 1.67. The molecule has 0 saturated heterocycles. The topological polar surface area (TPSA) is 49.4 Å². The molecule has 0 spiro atoms. The highest BCUT2D eigenvalue weighted by molar-refractivity contribution is 5.49. The average molecular weight is 241 g/mol. The smallest absolute Gasteiger partial charge is 0.134 e. The Kier molecular flexibility index (Phi) is 2.76. The zero-order valence-electron chi connectivity index (χ0n) is 10.2. The molecule has 2 heterocycles. The predicted molar refractivity (Wildman–Crippen MR) is 71.1 cm³/mol. The van der Waals surface area contributed by atoms with Crippen LogP contribution in [0.5, 0.6) is 5.75 Å². The van der Waals surface area contributed by atoms with Crippen LogP contribution in [0.3, 0.4) is 0 Å². The molecular weight excluding hydrogens is 226 g/mol. The number of ether oxygens (including phenoxy) is 1. The lowest BCUT2D eigenvalue weighted by atomic mass is 10.2. The molecule has 1 unspecified atom stereocenters. The van der Waals surface area contributed by atoms with Crippen LogP contribution in [-0.4, -0.2) is 18.3 Å². The molecule has 0 bridgehead atoms. The van der Waals surface area contributed by atoms with Crippen molar-refractivity contribution in [2.75, 3.05) is 12.4 Å². The summed E-state index contributed by atoms with van der Waals surface area (Å²) in [6.07, 6.45) is 5.07. The standard InChI is InChI=1S/C14H15N3O/c1-18-12-4-2-3-11(9-12)16-13-6-5-10-7-8-15-14(10)17-13/h2-5,7-9,13,16H,6H2,1H3,(H,15,17). The van der Waals surface area contributed by atoms with Crippen LogP contribution < -0.4 is 20.8 Å². The minimum atomic E-state index is 0.0725. The SMILES string of the molecule is COc1cccc(NC2CC=c3cc[nH]c3=N2)c1. The summed E-state index contributed by atoms with van der Waals surface area (Å²) in [5.74, 6) is 0.848. The van der Waals surface area contributed by atoms with Crippen LogP contribution in [0.4, 0.5) is 5.69 Å². The predicted octanol–water partition coefficient (Wildman–Crippen LogP) is 1.27. The fraction of sp³-hybridized carbons (Fsp3) is 0.214. The molecule has 2 aromatic rings. The summed E-state index contributed by atoms with van der Waals surface area (Å²) in [6, 6.07) is 9.93. The molecule has 4 heteroatoms. The summed E-state index contributed by atoms with van der Waals surface area (Å²) in [4.78, 5) is 7.75. The number of aromatic amines is 1. The Morgan fingerprint density at radius 3 is 3.22 bits per heavy atom. The van der Waals surface area contributed by atoms with Gasteiger partial charge in [-0.05, 0) is 18.2 Å². The number of nitrogens with zero attached hydrogens (tertiary/aromatic N) is 1. The van der Waals surface area contributed by atoms with Crippen LogP contribution in [0.25, 0.3) is 6.08 Å². The molecule has 18 heavy (non-hydrogen) atoms. The van der Waals surface area contributed by atoms with Crippen LogP contribution in [0.2, 0.25) is 0 Å². The monoisotopic (exact) mass is 241 g/mol. The van der Waals surface area contributed by atoms with Crippen molar-refractivity contribution in [3.8, 4) is 5.75 Å². The van der Waals surface area contributed by atoms with Crippen molar-refractivity contribution in [2.24, 2.45) is 4.99 Å². The second-order valence-corrected chi connectivity index (χ2v) is 4.24. The summed E-state index contributed by atoms with van der Waals surface area (Å²) in [6.45, 7) is 0. The lowest BCUT2D eigenvalue weighted by Crippen LogP contribution is -2.33. The molecule has 1 aliphatic rings. The first-order valence-electron chi connectivity index (χ1n) is 5.97. The Hall–Kier alpha value is -2.23. The van der Waals surface area contributed by atoms with Crippen molar-refractivity contribution in [2.45, 2.75) is 12.6 Å². The lowest BCUT2D eigenvalue weighted by Gasteiger charge is -2.16. The van der Waals surface area contributed by atoms with Crippen molar-refractivity contribution >= 4 is 11.8 Å². The highest BCUT2D eigenvalue weighted by Crippen LogP contribution is 2.18. The Balaban J connectivity index is 1.82. The first-order valence-corrected chi connectivity index (χ1v) is 5.97. The van der Waals surface area contributed by atoms with Crippen LogP contribution >= 0.6 is 0 Å². The third-order valence-electron chi connectivity index (χ3n) is 3.01. The van der Waals surface area contributed by atoms with E-state index in [2.05, 4.69) is 21.4 Å². The third-order valence-corrected chi connectivity index (χ3v) is 3.01. The Labute approximate surface area is 105 Å². The zero-order chi connectivity index (χ0) is 12.4. The van der Waals surface area contributed by atoms with E-state index in [4.69, 9.17) is 4.74 Å². The number of rotatable bonds is 3. The molecule has 0 aliphatic carbocycles. The third kappa shape index (κ3) is 2.09. The molecule has 92 valence electrons. The molecule has 2 N–H and O–H groups in total. The number of hydrogen-bond donors (Lipinski definition) is 2. The number of methoxy groups -OCH3 is 1. The number of hydrogen-bond acceptors (Lipinski definition) is 3. The first kappa shape index (κ1) is 10.9. The van der Waals surface area contributed by atoms with Crippen LogP contribution in [0.1, 0.15) is 6.42 Å². The summed E-state index contributed by atoms with van der Waals surface area (Å²) in [5.41, 5.74) is 1.97. The maximum atomic E-state index is 5.20. The van der Waals surface area contributed by atoms with Gasteiger partial charge in [0.15, 0.2) is 0 Å². The molecule has 1 aromatic carbocycles. The number of benzene rings is 1. The highest BCUT2D eigenvalue weighted by atomic mass is 16.5. The normalized spacial score (nSPS) is 17.3. The first-order chi connectivity index (χ1) is 8.85. The Morgan fingerprint density at radius 1 is 1.39 bits per heavy atom. The van der Waals surface area contributed by atoms with Crippen molar-refractivity contribution in [1.29, 1.82) is 0 Å². The second-order valence-electron chi connectivity index (χ2n) is 4.24. The molecular formula is C14H15N3O. The van der Waals surface area contributed by atoms with Gasteiger partial charge in [0, 0.05) is 29.6 Å². The molecule has 1 aromatic heterocycles. The molecule has 3 rings (SSSR count). The fourth-order valence-corrected chi connectivity index (χ4v) is 2.09. The highest BCUT2D eigenvalue weighted by Gasteiger charge is 2.09. The van der Waals surface area contributed by atoms with Gasteiger partial charge in [-0.3, -0.25) is 0 Å². The quantitative estimate of drug-likeness (QED) is 0.850. The number of anilines is 1. The van der Waals surface area contributed by atoms with E-state index in [1.165, 1.54) is 5.22 Å². The lowest BCUT2D eigenvalue weighted by molar-refractivity contribution is 0.415.